The molecule has 0 spiro atoms. The summed E-state index contributed by atoms with van der Waals surface area (Å²) in [5, 5.41) is 0. The first-order chi connectivity index (χ1) is 8.61. The Morgan fingerprint density at radius 2 is 2.00 bits per heavy atom. The predicted octanol–water partition coefficient (Wildman–Crippen LogP) is 2.42. The SMILES string of the molecule is COc1cncc(C(N)c2ccc(F)cc2F)c1. The van der Waals surface area contributed by atoms with E-state index in [9.17, 15) is 8.78 Å². The van der Waals surface area contributed by atoms with Crippen molar-refractivity contribution in [1.82, 2.24) is 4.98 Å². The number of aromatic nitrogens is 1. The molecule has 1 aromatic carbocycles. The number of pyridine rings is 1. The summed E-state index contributed by atoms with van der Waals surface area (Å²) in [6, 6.07) is 4.26. The fraction of sp³-hybridized carbons (Fsp3) is 0.154. The van der Waals surface area contributed by atoms with Crippen molar-refractivity contribution in [2.45, 2.75) is 6.04 Å². The first-order valence-corrected chi connectivity index (χ1v) is 5.31. The molecule has 0 fully saturated rings. The van der Waals surface area contributed by atoms with E-state index in [2.05, 4.69) is 4.98 Å². The van der Waals surface area contributed by atoms with E-state index in [0.29, 0.717) is 11.3 Å². The lowest BCUT2D eigenvalue weighted by molar-refractivity contribution is 0.412. The lowest BCUT2D eigenvalue weighted by Gasteiger charge is -2.13. The van der Waals surface area contributed by atoms with E-state index in [1.54, 1.807) is 6.07 Å². The minimum absolute atomic E-state index is 0.214. The predicted molar refractivity (Wildman–Crippen MR) is 63.2 cm³/mol. The minimum Gasteiger partial charge on any atom is -0.495 e. The zero-order chi connectivity index (χ0) is 13.1. The largest absolute Gasteiger partial charge is 0.495 e. The number of hydrogen-bond acceptors (Lipinski definition) is 3. The van der Waals surface area contributed by atoms with Gasteiger partial charge in [-0.25, -0.2) is 8.78 Å². The Morgan fingerprint density at radius 1 is 1.22 bits per heavy atom. The highest BCUT2D eigenvalue weighted by molar-refractivity contribution is 5.34. The Bertz CT molecular complexity index is 560. The van der Waals surface area contributed by atoms with Gasteiger partial charge in [0.2, 0.25) is 0 Å². The van der Waals surface area contributed by atoms with Crippen molar-refractivity contribution in [2.75, 3.05) is 7.11 Å². The molecule has 18 heavy (non-hydrogen) atoms. The van der Waals surface area contributed by atoms with Crippen molar-refractivity contribution < 1.29 is 13.5 Å². The molecule has 0 amide bonds. The first-order valence-electron chi connectivity index (χ1n) is 5.31. The van der Waals surface area contributed by atoms with Gasteiger partial charge in [-0.15, -0.1) is 0 Å². The molecular formula is C13H12F2N2O. The van der Waals surface area contributed by atoms with Gasteiger partial charge in [-0.05, 0) is 17.7 Å². The average Bonchev–Trinajstić information content (AvgIpc) is 2.38. The van der Waals surface area contributed by atoms with E-state index in [-0.39, 0.29) is 5.56 Å². The number of halogens is 2. The van der Waals surface area contributed by atoms with Gasteiger partial charge in [-0.3, -0.25) is 4.98 Å². The molecule has 5 heteroatoms. The van der Waals surface area contributed by atoms with E-state index < -0.39 is 17.7 Å². The number of benzene rings is 1. The second-order valence-electron chi connectivity index (χ2n) is 3.80. The van der Waals surface area contributed by atoms with Crippen LogP contribution in [0.2, 0.25) is 0 Å². The summed E-state index contributed by atoms with van der Waals surface area (Å²) in [6.07, 6.45) is 3.05. The van der Waals surface area contributed by atoms with Gasteiger partial charge in [0.05, 0.1) is 19.3 Å². The summed E-state index contributed by atoms with van der Waals surface area (Å²) in [5.41, 5.74) is 6.74. The highest BCUT2D eigenvalue weighted by atomic mass is 19.1. The Labute approximate surface area is 103 Å². The van der Waals surface area contributed by atoms with Crippen LogP contribution in [0, 0.1) is 11.6 Å². The summed E-state index contributed by atoms with van der Waals surface area (Å²) in [4.78, 5) is 3.95. The molecule has 94 valence electrons. The molecule has 3 nitrogen and oxygen atoms in total. The molecule has 1 unspecified atom stereocenters. The Morgan fingerprint density at radius 3 is 2.67 bits per heavy atom. The lowest BCUT2D eigenvalue weighted by Crippen LogP contribution is -2.14. The third-order valence-electron chi connectivity index (χ3n) is 2.63. The fourth-order valence-corrected chi connectivity index (χ4v) is 1.65. The number of nitrogens with zero attached hydrogens (tertiary/aromatic N) is 1. The van der Waals surface area contributed by atoms with Crippen molar-refractivity contribution in [3.05, 3.63) is 59.4 Å². The molecule has 2 rings (SSSR count). The minimum atomic E-state index is -0.715. The Hall–Kier alpha value is -2.01. The van der Waals surface area contributed by atoms with Gasteiger partial charge in [-0.1, -0.05) is 6.07 Å². The van der Waals surface area contributed by atoms with E-state index in [4.69, 9.17) is 10.5 Å². The molecule has 0 saturated heterocycles. The van der Waals surface area contributed by atoms with Crippen LogP contribution in [0.5, 0.6) is 5.75 Å². The van der Waals surface area contributed by atoms with Gasteiger partial charge in [0.1, 0.15) is 17.4 Å². The van der Waals surface area contributed by atoms with Crippen LogP contribution < -0.4 is 10.5 Å². The van der Waals surface area contributed by atoms with Crippen LogP contribution in [0.1, 0.15) is 17.2 Å². The van der Waals surface area contributed by atoms with Crippen LogP contribution in [0.25, 0.3) is 0 Å². The fourth-order valence-electron chi connectivity index (χ4n) is 1.65. The summed E-state index contributed by atoms with van der Waals surface area (Å²) in [7, 11) is 1.50. The summed E-state index contributed by atoms with van der Waals surface area (Å²) in [5.74, 6) is -0.775. The highest BCUT2D eigenvalue weighted by Gasteiger charge is 2.15. The first kappa shape index (κ1) is 12.4. The van der Waals surface area contributed by atoms with Crippen LogP contribution in [0.3, 0.4) is 0 Å². The van der Waals surface area contributed by atoms with Gasteiger partial charge >= 0.3 is 0 Å². The standard InChI is InChI=1S/C13H12F2N2O/c1-18-10-4-8(6-17-7-10)13(16)11-3-2-9(14)5-12(11)15/h2-7,13H,16H2,1H3. The monoisotopic (exact) mass is 250 g/mol. The second kappa shape index (κ2) is 5.10. The molecule has 2 aromatic rings. The molecule has 1 aromatic heterocycles. The molecule has 1 heterocycles. The van der Waals surface area contributed by atoms with Crippen molar-refractivity contribution in [3.8, 4) is 5.75 Å². The maximum absolute atomic E-state index is 13.6. The number of hydrogen-bond donors (Lipinski definition) is 1. The van der Waals surface area contributed by atoms with Crippen molar-refractivity contribution >= 4 is 0 Å². The average molecular weight is 250 g/mol. The van der Waals surface area contributed by atoms with Crippen LogP contribution in [0.15, 0.2) is 36.7 Å². The molecule has 1 atom stereocenters. The van der Waals surface area contributed by atoms with Crippen molar-refractivity contribution in [3.63, 3.8) is 0 Å². The summed E-state index contributed by atoms with van der Waals surface area (Å²) in [6.45, 7) is 0. The molecule has 0 radical (unpaired) electrons. The zero-order valence-electron chi connectivity index (χ0n) is 9.73. The van der Waals surface area contributed by atoms with E-state index in [0.717, 1.165) is 6.07 Å². The normalized spacial score (nSPS) is 12.2. The van der Waals surface area contributed by atoms with Crippen LogP contribution in [0.4, 0.5) is 8.78 Å². The topological polar surface area (TPSA) is 48.1 Å². The van der Waals surface area contributed by atoms with Crippen LogP contribution >= 0.6 is 0 Å². The van der Waals surface area contributed by atoms with E-state index in [1.807, 2.05) is 0 Å². The molecule has 0 aliphatic carbocycles. The van der Waals surface area contributed by atoms with Crippen LogP contribution in [-0.4, -0.2) is 12.1 Å². The van der Waals surface area contributed by atoms with Gasteiger partial charge in [0, 0.05) is 17.8 Å². The lowest BCUT2D eigenvalue weighted by atomic mass is 10.0. The van der Waals surface area contributed by atoms with E-state index in [1.165, 1.54) is 31.6 Å². The van der Waals surface area contributed by atoms with Gasteiger partial charge in [0.15, 0.2) is 0 Å². The second-order valence-corrected chi connectivity index (χ2v) is 3.80. The van der Waals surface area contributed by atoms with E-state index >= 15 is 0 Å². The molecule has 0 bridgehead atoms. The summed E-state index contributed by atoms with van der Waals surface area (Å²) >= 11 is 0. The maximum atomic E-state index is 13.6. The van der Waals surface area contributed by atoms with Crippen LogP contribution in [-0.2, 0) is 0 Å². The number of rotatable bonds is 3. The third-order valence-corrected chi connectivity index (χ3v) is 2.63. The number of methoxy groups -OCH3 is 1. The highest BCUT2D eigenvalue weighted by Crippen LogP contribution is 2.24. The number of nitrogens with two attached hydrogens (primary N) is 1. The Balaban J connectivity index is 2.37. The number of ether oxygens (including phenoxy) is 1. The Kier molecular flexibility index (Phi) is 3.53. The zero-order valence-corrected chi connectivity index (χ0v) is 9.73. The smallest absolute Gasteiger partial charge is 0.137 e. The van der Waals surface area contributed by atoms with Crippen molar-refractivity contribution in [1.29, 1.82) is 0 Å². The van der Waals surface area contributed by atoms with Crippen molar-refractivity contribution in [2.24, 2.45) is 5.73 Å². The molecule has 2 N–H and O–H groups in total. The van der Waals surface area contributed by atoms with Gasteiger partial charge in [0.25, 0.3) is 0 Å². The molecule has 0 saturated carbocycles. The van der Waals surface area contributed by atoms with Gasteiger partial charge < -0.3 is 10.5 Å². The third kappa shape index (κ3) is 2.46. The van der Waals surface area contributed by atoms with Gasteiger partial charge in [-0.2, -0.15) is 0 Å². The molecular weight excluding hydrogens is 238 g/mol. The quantitative estimate of drug-likeness (QED) is 0.910. The molecule has 0 aliphatic heterocycles. The summed E-state index contributed by atoms with van der Waals surface area (Å²) < 4.78 is 31.4. The maximum Gasteiger partial charge on any atom is 0.137 e. The molecule has 0 aliphatic rings.